The summed E-state index contributed by atoms with van der Waals surface area (Å²) in [6.07, 6.45) is 5.66. The van der Waals surface area contributed by atoms with E-state index in [2.05, 4.69) is 15.0 Å². The number of fused-ring (bicyclic) bond motifs is 1. The summed E-state index contributed by atoms with van der Waals surface area (Å²) in [6, 6.07) is 12.5. The summed E-state index contributed by atoms with van der Waals surface area (Å²) in [4.78, 5) is 34.0. The van der Waals surface area contributed by atoms with Gasteiger partial charge in [0.25, 0.3) is 0 Å². The number of nitrogens with one attached hydrogen (secondary N) is 2. The summed E-state index contributed by atoms with van der Waals surface area (Å²) in [5, 5.41) is 5.64. The van der Waals surface area contributed by atoms with Crippen molar-refractivity contribution in [3.8, 4) is 0 Å². The lowest BCUT2D eigenvalue weighted by molar-refractivity contribution is -0.144. The Bertz CT molecular complexity index is 1470. The number of aromatic nitrogens is 1. The second kappa shape index (κ2) is 11.6. The molecule has 5 rings (SSSR count). The highest BCUT2D eigenvalue weighted by Crippen LogP contribution is 2.24. The Morgan fingerprint density at radius 2 is 1.82 bits per heavy atom. The molecule has 2 amide bonds. The minimum absolute atomic E-state index is 0.0753. The van der Waals surface area contributed by atoms with Gasteiger partial charge in [0.15, 0.2) is 0 Å². The van der Waals surface area contributed by atoms with Crippen LogP contribution in [0, 0.1) is 0 Å². The van der Waals surface area contributed by atoms with E-state index in [1.807, 2.05) is 17.0 Å². The van der Waals surface area contributed by atoms with Crippen LogP contribution in [0.1, 0.15) is 31.7 Å². The van der Waals surface area contributed by atoms with Crippen LogP contribution in [0.2, 0.25) is 5.02 Å². The molecule has 2 aliphatic heterocycles. The number of nitrogens with zero attached hydrogens (tertiary/aromatic N) is 3. The van der Waals surface area contributed by atoms with E-state index in [9.17, 15) is 18.0 Å². The van der Waals surface area contributed by atoms with Gasteiger partial charge in [0.2, 0.25) is 21.8 Å². The van der Waals surface area contributed by atoms with Crippen molar-refractivity contribution >= 4 is 44.2 Å². The van der Waals surface area contributed by atoms with Gasteiger partial charge in [0, 0.05) is 49.6 Å². The normalized spacial score (nSPS) is 20.9. The first-order valence-electron chi connectivity index (χ1n) is 13.1. The van der Waals surface area contributed by atoms with Gasteiger partial charge in [0.1, 0.15) is 12.1 Å². The Morgan fingerprint density at radius 1 is 1.08 bits per heavy atom. The van der Waals surface area contributed by atoms with Crippen molar-refractivity contribution in [1.29, 1.82) is 0 Å². The van der Waals surface area contributed by atoms with Gasteiger partial charge in [-0.25, -0.2) is 8.42 Å². The highest BCUT2D eigenvalue weighted by molar-refractivity contribution is 7.89. The molecular formula is C28H32ClN5O4S. The number of likely N-dealkylation sites (tertiary alicyclic amines) is 2. The number of rotatable bonds is 8. The molecule has 2 aliphatic rings. The molecule has 39 heavy (non-hydrogen) atoms. The van der Waals surface area contributed by atoms with Crippen LogP contribution in [0.5, 0.6) is 0 Å². The third-order valence-corrected chi connectivity index (χ3v) is 9.23. The molecule has 0 spiro atoms. The maximum Gasteiger partial charge on any atom is 0.245 e. The zero-order valence-corrected chi connectivity index (χ0v) is 23.3. The number of piperidine rings is 1. The highest BCUT2D eigenvalue weighted by Gasteiger charge is 2.40. The molecule has 3 atom stereocenters. The maximum atomic E-state index is 13.4. The van der Waals surface area contributed by atoms with Crippen molar-refractivity contribution < 1.29 is 18.0 Å². The molecule has 11 heteroatoms. The van der Waals surface area contributed by atoms with Crippen LogP contribution in [0.15, 0.2) is 65.8 Å². The first-order chi connectivity index (χ1) is 18.7. The second-order valence-corrected chi connectivity index (χ2v) is 12.3. The predicted octanol–water partition coefficient (Wildman–Crippen LogP) is 2.94. The number of sulfonamides is 1. The van der Waals surface area contributed by atoms with Crippen molar-refractivity contribution in [3.63, 3.8) is 0 Å². The molecule has 3 heterocycles. The summed E-state index contributed by atoms with van der Waals surface area (Å²) in [5.74, 6) is -0.494. The summed E-state index contributed by atoms with van der Waals surface area (Å²) < 4.78 is 28.8. The van der Waals surface area contributed by atoms with Crippen LogP contribution < -0.4 is 10.0 Å². The molecule has 0 aliphatic carbocycles. The second-order valence-electron chi connectivity index (χ2n) is 10.2. The average molecular weight is 570 g/mol. The molecule has 0 saturated carbocycles. The molecule has 2 N–H and O–H groups in total. The average Bonchev–Trinajstić information content (AvgIpc) is 3.30. The van der Waals surface area contributed by atoms with Crippen LogP contribution in [-0.4, -0.2) is 72.8 Å². The van der Waals surface area contributed by atoms with E-state index >= 15 is 0 Å². The minimum atomic E-state index is -3.94. The van der Waals surface area contributed by atoms with E-state index in [-0.39, 0.29) is 22.8 Å². The molecule has 206 valence electrons. The summed E-state index contributed by atoms with van der Waals surface area (Å²) in [6.45, 7) is 3.94. The van der Waals surface area contributed by atoms with Gasteiger partial charge in [-0.1, -0.05) is 23.7 Å². The van der Waals surface area contributed by atoms with E-state index in [1.165, 1.54) is 11.0 Å². The molecule has 9 nitrogen and oxygen atoms in total. The van der Waals surface area contributed by atoms with Gasteiger partial charge in [-0.05, 0) is 78.9 Å². The van der Waals surface area contributed by atoms with Crippen molar-refractivity contribution in [2.75, 3.05) is 19.6 Å². The Balaban J connectivity index is 1.19. The fourth-order valence-corrected chi connectivity index (χ4v) is 6.76. The van der Waals surface area contributed by atoms with Crippen LogP contribution in [0.3, 0.4) is 0 Å². The Kier molecular flexibility index (Phi) is 8.18. The third kappa shape index (κ3) is 6.24. The number of benzene rings is 2. The Labute approximate surface area is 233 Å². The van der Waals surface area contributed by atoms with Crippen LogP contribution >= 0.6 is 11.6 Å². The van der Waals surface area contributed by atoms with Gasteiger partial charge >= 0.3 is 0 Å². The fourth-order valence-electron chi connectivity index (χ4n) is 5.32. The first kappa shape index (κ1) is 27.5. The predicted molar refractivity (Wildman–Crippen MR) is 150 cm³/mol. The lowest BCUT2D eigenvalue weighted by Crippen LogP contribution is -2.54. The van der Waals surface area contributed by atoms with Gasteiger partial charge in [-0.3, -0.25) is 14.6 Å². The molecule has 0 radical (unpaired) electrons. The zero-order valence-electron chi connectivity index (χ0n) is 21.7. The number of carbonyl (C=O) groups is 2. The first-order valence-corrected chi connectivity index (χ1v) is 15.0. The smallest absolute Gasteiger partial charge is 0.245 e. The highest BCUT2D eigenvalue weighted by atomic mass is 35.5. The number of pyridine rings is 1. The Hall–Kier alpha value is -3.05. The van der Waals surface area contributed by atoms with E-state index in [0.717, 1.165) is 29.2 Å². The Morgan fingerprint density at radius 3 is 2.62 bits per heavy atom. The minimum Gasteiger partial charge on any atom is -0.339 e. The molecule has 2 fully saturated rings. The third-order valence-electron chi connectivity index (χ3n) is 7.52. The molecule has 3 unspecified atom stereocenters. The SMILES string of the molecule is CC(C(=O)N1CCCC(NCc2ccncc2)C1)N1CCC(NS(=O)(=O)c2ccc3cc(Cl)ccc3c2)C1=O. The van der Waals surface area contributed by atoms with Gasteiger partial charge in [-0.15, -0.1) is 0 Å². The zero-order chi connectivity index (χ0) is 27.6. The van der Waals surface area contributed by atoms with E-state index in [0.29, 0.717) is 37.6 Å². The number of amides is 2. The van der Waals surface area contributed by atoms with E-state index in [4.69, 9.17) is 11.6 Å². The molecular weight excluding hydrogens is 538 g/mol. The van der Waals surface area contributed by atoms with Crippen LogP contribution in [-0.2, 0) is 26.2 Å². The van der Waals surface area contributed by atoms with Crippen molar-refractivity contribution in [3.05, 3.63) is 71.5 Å². The van der Waals surface area contributed by atoms with Gasteiger partial charge in [0.05, 0.1) is 4.90 Å². The summed E-state index contributed by atoms with van der Waals surface area (Å²) >= 11 is 6.03. The maximum absolute atomic E-state index is 13.4. The van der Waals surface area contributed by atoms with Crippen molar-refractivity contribution in [2.45, 2.75) is 55.8 Å². The number of halogens is 1. The number of hydrogen-bond donors (Lipinski definition) is 2. The topological polar surface area (TPSA) is 112 Å². The van der Waals surface area contributed by atoms with Gasteiger partial charge < -0.3 is 15.1 Å². The lowest BCUT2D eigenvalue weighted by atomic mass is 10.0. The quantitative estimate of drug-likeness (QED) is 0.431. The van der Waals surface area contributed by atoms with Crippen LogP contribution in [0.25, 0.3) is 10.8 Å². The van der Waals surface area contributed by atoms with E-state index < -0.39 is 22.1 Å². The monoisotopic (exact) mass is 569 g/mol. The van der Waals surface area contributed by atoms with Gasteiger partial charge in [-0.2, -0.15) is 4.72 Å². The van der Waals surface area contributed by atoms with E-state index in [1.54, 1.807) is 49.6 Å². The number of carbonyl (C=O) groups excluding carboxylic acids is 2. The van der Waals surface area contributed by atoms with Crippen LogP contribution in [0.4, 0.5) is 0 Å². The fraction of sp³-hybridized carbons (Fsp3) is 0.393. The lowest BCUT2D eigenvalue weighted by Gasteiger charge is -2.36. The van der Waals surface area contributed by atoms with Crippen molar-refractivity contribution in [1.82, 2.24) is 24.8 Å². The standard InChI is InChI=1S/C28H32ClN5O4S/c1-19(27(35)33-13-2-3-24(18-33)31-17-20-8-11-30-12-9-20)34-14-10-26(28(34)36)32-39(37,38)25-7-5-21-15-23(29)6-4-22(21)16-25/h4-9,11-12,15-16,19,24,26,31-32H,2-3,10,13-14,17-18H2,1H3. The molecule has 2 saturated heterocycles. The molecule has 3 aromatic rings. The largest absolute Gasteiger partial charge is 0.339 e. The summed E-state index contributed by atoms with van der Waals surface area (Å²) in [5.41, 5.74) is 1.13. The number of hydrogen-bond acceptors (Lipinski definition) is 6. The molecule has 1 aromatic heterocycles. The molecule has 0 bridgehead atoms. The molecule has 2 aromatic carbocycles. The van der Waals surface area contributed by atoms with Crippen molar-refractivity contribution in [2.24, 2.45) is 0 Å². The summed E-state index contributed by atoms with van der Waals surface area (Å²) in [7, 11) is -3.94.